The quantitative estimate of drug-likeness (QED) is 0.758. The summed E-state index contributed by atoms with van der Waals surface area (Å²) in [5.74, 6) is -0.562. The number of nitrogens with zero attached hydrogens (tertiary/aromatic N) is 1. The van der Waals surface area contributed by atoms with Crippen LogP contribution in [-0.4, -0.2) is 26.3 Å². The summed E-state index contributed by atoms with van der Waals surface area (Å²) in [6.07, 6.45) is -0.419. The Bertz CT molecular complexity index is 951. The fourth-order valence-corrected chi connectivity index (χ4v) is 4.27. The Hall–Kier alpha value is -2.92. The van der Waals surface area contributed by atoms with Crippen LogP contribution in [0.4, 0.5) is 9.18 Å². The van der Waals surface area contributed by atoms with E-state index < -0.39 is 33.0 Å². The molecular formula is C20H21FN2O4S. The Kier molecular flexibility index (Phi) is 7.12. The number of sulfone groups is 1. The van der Waals surface area contributed by atoms with Crippen LogP contribution in [0.2, 0.25) is 0 Å². The molecule has 8 heteroatoms. The van der Waals surface area contributed by atoms with E-state index in [4.69, 9.17) is 10.00 Å². The molecule has 2 aromatic rings. The molecule has 2 unspecified atom stereocenters. The minimum absolute atomic E-state index is 0.155. The van der Waals surface area contributed by atoms with Gasteiger partial charge in [-0.15, -0.1) is 0 Å². The highest BCUT2D eigenvalue weighted by Crippen LogP contribution is 2.24. The van der Waals surface area contributed by atoms with E-state index in [0.29, 0.717) is 17.5 Å². The molecule has 2 atom stereocenters. The summed E-state index contributed by atoms with van der Waals surface area (Å²) < 4.78 is 43.4. The van der Waals surface area contributed by atoms with Crippen LogP contribution in [0.1, 0.15) is 36.6 Å². The van der Waals surface area contributed by atoms with Gasteiger partial charge in [0.05, 0.1) is 22.6 Å². The molecule has 2 aromatic carbocycles. The summed E-state index contributed by atoms with van der Waals surface area (Å²) in [6.45, 7) is 3.32. The van der Waals surface area contributed by atoms with Gasteiger partial charge in [0, 0.05) is 6.04 Å². The number of carbonyl (C=O) groups excluding carboxylic acids is 1. The Morgan fingerprint density at radius 1 is 1.18 bits per heavy atom. The zero-order chi connectivity index (χ0) is 20.7. The lowest BCUT2D eigenvalue weighted by molar-refractivity contribution is 0.196. The lowest BCUT2D eigenvalue weighted by Crippen LogP contribution is -2.41. The molecule has 0 aliphatic carbocycles. The summed E-state index contributed by atoms with van der Waals surface area (Å²) in [7, 11) is -3.57. The number of hydrogen-bond donors (Lipinski definition) is 1. The first-order valence-electron chi connectivity index (χ1n) is 8.70. The fraction of sp³-hybridized carbons (Fsp3) is 0.300. The molecule has 0 fully saturated rings. The van der Waals surface area contributed by atoms with E-state index in [1.54, 1.807) is 38.1 Å². The van der Waals surface area contributed by atoms with Crippen molar-refractivity contribution in [3.05, 3.63) is 65.5 Å². The minimum Gasteiger partial charge on any atom is -0.410 e. The van der Waals surface area contributed by atoms with Crippen LogP contribution in [0.5, 0.6) is 5.75 Å². The molecule has 2 rings (SSSR count). The molecule has 1 amide bonds. The summed E-state index contributed by atoms with van der Waals surface area (Å²) >= 11 is 0. The van der Waals surface area contributed by atoms with Crippen molar-refractivity contribution in [2.24, 2.45) is 0 Å². The Morgan fingerprint density at radius 2 is 1.79 bits per heavy atom. The van der Waals surface area contributed by atoms with Crippen LogP contribution in [0, 0.1) is 17.1 Å². The number of amides is 1. The maximum Gasteiger partial charge on any atom is 0.412 e. The van der Waals surface area contributed by atoms with E-state index in [-0.39, 0.29) is 11.5 Å². The van der Waals surface area contributed by atoms with Crippen LogP contribution in [0.3, 0.4) is 0 Å². The van der Waals surface area contributed by atoms with Crippen molar-refractivity contribution < 1.29 is 22.3 Å². The average molecular weight is 404 g/mol. The lowest BCUT2D eigenvalue weighted by atomic mass is 10.1. The summed E-state index contributed by atoms with van der Waals surface area (Å²) in [4.78, 5) is 12.0. The second-order valence-corrected chi connectivity index (χ2v) is 8.66. The predicted octanol–water partition coefficient (Wildman–Crippen LogP) is 3.74. The molecule has 0 aliphatic heterocycles. The van der Waals surface area contributed by atoms with E-state index in [0.717, 1.165) is 12.1 Å². The van der Waals surface area contributed by atoms with Gasteiger partial charge in [-0.2, -0.15) is 5.26 Å². The maximum absolute atomic E-state index is 12.9. The van der Waals surface area contributed by atoms with Crippen LogP contribution >= 0.6 is 0 Å². The van der Waals surface area contributed by atoms with Crippen molar-refractivity contribution in [2.45, 2.75) is 31.6 Å². The summed E-state index contributed by atoms with van der Waals surface area (Å²) in [5.41, 5.74) is 1.02. The Labute approximate surface area is 163 Å². The number of ether oxygens (including phenoxy) is 1. The van der Waals surface area contributed by atoms with E-state index in [2.05, 4.69) is 5.32 Å². The first-order chi connectivity index (χ1) is 13.2. The van der Waals surface area contributed by atoms with Crippen LogP contribution in [0.15, 0.2) is 48.5 Å². The average Bonchev–Trinajstić information content (AvgIpc) is 2.68. The predicted molar refractivity (Wildman–Crippen MR) is 103 cm³/mol. The van der Waals surface area contributed by atoms with Gasteiger partial charge in [0.15, 0.2) is 9.84 Å². The second-order valence-electron chi connectivity index (χ2n) is 6.30. The highest BCUT2D eigenvalue weighted by molar-refractivity contribution is 7.91. The maximum atomic E-state index is 12.9. The van der Waals surface area contributed by atoms with Crippen LogP contribution in [0.25, 0.3) is 0 Å². The molecule has 28 heavy (non-hydrogen) atoms. The van der Waals surface area contributed by atoms with E-state index in [1.807, 2.05) is 6.07 Å². The molecule has 1 N–H and O–H groups in total. The second kappa shape index (κ2) is 9.33. The van der Waals surface area contributed by atoms with Gasteiger partial charge in [0.25, 0.3) is 0 Å². The molecule has 0 radical (unpaired) electrons. The summed E-state index contributed by atoms with van der Waals surface area (Å²) in [5, 5.41) is 10.6. The van der Waals surface area contributed by atoms with Crippen LogP contribution < -0.4 is 10.1 Å². The van der Waals surface area contributed by atoms with Gasteiger partial charge in [0.1, 0.15) is 11.6 Å². The van der Waals surface area contributed by atoms with Gasteiger partial charge in [-0.05, 0) is 55.3 Å². The SMILES string of the molecule is CCC(CS(=O)(=O)C(C)c1ccc(C#N)cc1)NC(=O)Oc1ccc(F)cc1. The van der Waals surface area contributed by atoms with Crippen molar-refractivity contribution in [1.82, 2.24) is 5.32 Å². The first-order valence-corrected chi connectivity index (χ1v) is 10.4. The molecule has 0 bridgehead atoms. The number of nitriles is 1. The zero-order valence-corrected chi connectivity index (χ0v) is 16.4. The molecule has 0 aromatic heterocycles. The fourth-order valence-electron chi connectivity index (χ4n) is 2.53. The lowest BCUT2D eigenvalue weighted by Gasteiger charge is -2.20. The third-order valence-corrected chi connectivity index (χ3v) is 6.54. The third kappa shape index (κ3) is 5.79. The molecule has 6 nitrogen and oxygen atoms in total. The highest BCUT2D eigenvalue weighted by atomic mass is 32.2. The minimum atomic E-state index is -3.57. The van der Waals surface area contributed by atoms with Gasteiger partial charge < -0.3 is 10.1 Å². The van der Waals surface area contributed by atoms with E-state index >= 15 is 0 Å². The van der Waals surface area contributed by atoms with Crippen molar-refractivity contribution in [1.29, 1.82) is 5.26 Å². The van der Waals surface area contributed by atoms with E-state index in [1.165, 1.54) is 12.1 Å². The molecule has 148 valence electrons. The van der Waals surface area contributed by atoms with Gasteiger partial charge in [-0.3, -0.25) is 0 Å². The number of halogens is 1. The number of rotatable bonds is 7. The molecular weight excluding hydrogens is 383 g/mol. The van der Waals surface area contributed by atoms with Gasteiger partial charge >= 0.3 is 6.09 Å². The van der Waals surface area contributed by atoms with Gasteiger partial charge in [0.2, 0.25) is 0 Å². The molecule has 0 aliphatic rings. The number of benzene rings is 2. The monoisotopic (exact) mass is 404 g/mol. The van der Waals surface area contributed by atoms with Crippen molar-refractivity contribution in [3.8, 4) is 11.8 Å². The Morgan fingerprint density at radius 3 is 2.32 bits per heavy atom. The van der Waals surface area contributed by atoms with Gasteiger partial charge in [-0.1, -0.05) is 19.1 Å². The largest absolute Gasteiger partial charge is 0.412 e. The van der Waals surface area contributed by atoms with E-state index in [9.17, 15) is 17.6 Å². The van der Waals surface area contributed by atoms with Crippen molar-refractivity contribution in [2.75, 3.05) is 5.75 Å². The van der Waals surface area contributed by atoms with Crippen molar-refractivity contribution >= 4 is 15.9 Å². The molecule has 0 spiro atoms. The normalized spacial score (nSPS) is 13.2. The Balaban J connectivity index is 2.01. The molecule has 0 heterocycles. The number of hydrogen-bond acceptors (Lipinski definition) is 5. The topological polar surface area (TPSA) is 96.3 Å². The van der Waals surface area contributed by atoms with Crippen molar-refractivity contribution in [3.63, 3.8) is 0 Å². The van der Waals surface area contributed by atoms with Crippen LogP contribution in [-0.2, 0) is 9.84 Å². The smallest absolute Gasteiger partial charge is 0.410 e. The highest BCUT2D eigenvalue weighted by Gasteiger charge is 2.27. The zero-order valence-electron chi connectivity index (χ0n) is 15.6. The van der Waals surface area contributed by atoms with Gasteiger partial charge in [-0.25, -0.2) is 17.6 Å². The standard InChI is InChI=1S/C20H21FN2O4S/c1-3-18(23-20(24)27-19-10-8-17(21)9-11-19)13-28(25,26)14(2)16-6-4-15(12-22)5-7-16/h4-11,14,18H,3,13H2,1-2H3,(H,23,24). The number of carbonyl (C=O) groups is 1. The number of nitrogens with one attached hydrogen (secondary N) is 1. The molecule has 0 saturated heterocycles. The summed E-state index contributed by atoms with van der Waals surface area (Å²) in [6, 6.07) is 12.6. The molecule has 0 saturated carbocycles. The third-order valence-electron chi connectivity index (χ3n) is 4.32. The first kappa shape index (κ1) is 21.4.